The van der Waals surface area contributed by atoms with Gasteiger partial charge < -0.3 is 8.82 Å². The molecular weight excluding hydrogens is 695 g/mol. The number of hydrogen-bond acceptors (Lipinski definition) is 3. The molecule has 4 heterocycles. The van der Waals surface area contributed by atoms with Crippen LogP contribution in [0.2, 0.25) is 0 Å². The molecule has 1 atom stereocenters. The Balaban J connectivity index is 1.16. The highest BCUT2D eigenvalue weighted by atomic mass is 16.3. The summed E-state index contributed by atoms with van der Waals surface area (Å²) in [6.45, 7) is 0. The van der Waals surface area contributed by atoms with Gasteiger partial charge in [-0.05, 0) is 81.3 Å². The van der Waals surface area contributed by atoms with Crippen LogP contribution in [0.25, 0.3) is 105 Å². The molecule has 8 aromatic carbocycles. The standard InChI is InChI=1S/C53H33N3O/c1-2-12-31(13-3-1)32-22-24-35(25-23-32)52-54-50(49-39-19-9-11-21-45(39)57-53(49)55-52)40-28-26-33-14-4-6-16-36(33)41-30-42-46-37-17-7-5-15-34(37)27-29-44(46)56-43-20-10-8-18-38(43)48(47(40)41)51(42)56/h1-25,27,29-30,40H,26,28H2. The van der Waals surface area contributed by atoms with Gasteiger partial charge in [0.25, 0.3) is 0 Å². The zero-order chi connectivity index (χ0) is 37.2. The quantitative estimate of drug-likeness (QED) is 0.182. The molecule has 4 aromatic heterocycles. The summed E-state index contributed by atoms with van der Waals surface area (Å²) in [5, 5.41) is 9.79. The van der Waals surface area contributed by atoms with Gasteiger partial charge in [-0.1, -0.05) is 146 Å². The lowest BCUT2D eigenvalue weighted by Crippen LogP contribution is -2.08. The maximum absolute atomic E-state index is 6.64. The summed E-state index contributed by atoms with van der Waals surface area (Å²) in [5.41, 5.74) is 14.8. The van der Waals surface area contributed by atoms with Crippen LogP contribution < -0.4 is 0 Å². The van der Waals surface area contributed by atoms with Gasteiger partial charge in [-0.3, -0.25) is 0 Å². The van der Waals surface area contributed by atoms with Crippen LogP contribution in [0.1, 0.15) is 29.2 Å². The van der Waals surface area contributed by atoms with E-state index >= 15 is 0 Å². The summed E-state index contributed by atoms with van der Waals surface area (Å²) in [6, 6.07) is 61.4. The summed E-state index contributed by atoms with van der Waals surface area (Å²) in [6.07, 6.45) is 1.82. The molecule has 0 N–H and O–H groups in total. The summed E-state index contributed by atoms with van der Waals surface area (Å²) in [4.78, 5) is 10.8. The molecule has 0 saturated heterocycles. The molecule has 13 rings (SSSR count). The van der Waals surface area contributed by atoms with Gasteiger partial charge in [0.05, 0.1) is 27.6 Å². The molecule has 1 aliphatic carbocycles. The molecule has 0 bridgehead atoms. The molecule has 1 unspecified atom stereocenters. The zero-order valence-electron chi connectivity index (χ0n) is 30.9. The number of hydrogen-bond donors (Lipinski definition) is 0. The third kappa shape index (κ3) is 4.33. The van der Waals surface area contributed by atoms with Crippen molar-refractivity contribution in [3.63, 3.8) is 0 Å². The lowest BCUT2D eigenvalue weighted by Gasteiger charge is -2.21. The average molecular weight is 728 g/mol. The van der Waals surface area contributed by atoms with Gasteiger partial charge in [-0.25, -0.2) is 4.98 Å². The topological polar surface area (TPSA) is 43.3 Å². The van der Waals surface area contributed by atoms with Crippen molar-refractivity contribution in [2.24, 2.45) is 0 Å². The van der Waals surface area contributed by atoms with E-state index in [0.29, 0.717) is 11.5 Å². The van der Waals surface area contributed by atoms with E-state index in [1.54, 1.807) is 0 Å². The second-order valence-electron chi connectivity index (χ2n) is 15.5. The summed E-state index contributed by atoms with van der Waals surface area (Å²) < 4.78 is 9.17. The molecule has 0 radical (unpaired) electrons. The fourth-order valence-electron chi connectivity index (χ4n) is 10.1. The maximum Gasteiger partial charge on any atom is 0.231 e. The monoisotopic (exact) mass is 727 g/mol. The molecular formula is C53H33N3O. The summed E-state index contributed by atoms with van der Waals surface area (Å²) in [5.74, 6) is 0.632. The molecule has 0 fully saturated rings. The van der Waals surface area contributed by atoms with Crippen LogP contribution in [-0.4, -0.2) is 14.4 Å². The van der Waals surface area contributed by atoms with Crippen molar-refractivity contribution in [3.05, 3.63) is 187 Å². The van der Waals surface area contributed by atoms with Gasteiger partial charge in [-0.2, -0.15) is 4.98 Å². The van der Waals surface area contributed by atoms with E-state index in [-0.39, 0.29) is 5.92 Å². The van der Waals surface area contributed by atoms with E-state index in [9.17, 15) is 0 Å². The van der Waals surface area contributed by atoms with Gasteiger partial charge in [0.1, 0.15) is 5.58 Å². The lowest BCUT2D eigenvalue weighted by molar-refractivity contribution is 0.649. The van der Waals surface area contributed by atoms with E-state index in [2.05, 4.69) is 162 Å². The Morgan fingerprint density at radius 1 is 0.509 bits per heavy atom. The second-order valence-corrected chi connectivity index (χ2v) is 15.5. The minimum Gasteiger partial charge on any atom is -0.438 e. The molecule has 4 nitrogen and oxygen atoms in total. The number of rotatable bonds is 3. The SMILES string of the molecule is c1ccc(-c2ccc(-c3nc(C4CCc5ccccc5-c5cc6c7c8ccccc8ccc7n7c8ccccc8c(c54)c67)c4c(n3)oc3ccccc34)cc2)cc1. The largest absolute Gasteiger partial charge is 0.438 e. The summed E-state index contributed by atoms with van der Waals surface area (Å²) >= 11 is 0. The predicted octanol–water partition coefficient (Wildman–Crippen LogP) is 13.8. The first-order valence-electron chi connectivity index (χ1n) is 19.8. The van der Waals surface area contributed by atoms with Crippen LogP contribution in [0.3, 0.4) is 0 Å². The number of furan rings is 1. The third-order valence-corrected chi connectivity index (χ3v) is 12.6. The van der Waals surface area contributed by atoms with Crippen LogP contribution >= 0.6 is 0 Å². The predicted molar refractivity (Wildman–Crippen MR) is 234 cm³/mol. The number of para-hydroxylation sites is 2. The van der Waals surface area contributed by atoms with E-state index in [1.165, 1.54) is 76.7 Å². The number of aryl methyl sites for hydroxylation is 1. The fraction of sp³-hybridized carbons (Fsp3) is 0.0566. The number of benzene rings is 8. The number of nitrogens with zero attached hydrogens (tertiary/aromatic N) is 3. The normalized spacial score (nSPS) is 14.4. The molecule has 4 heteroatoms. The first-order valence-corrected chi connectivity index (χ1v) is 19.8. The van der Waals surface area contributed by atoms with Crippen molar-refractivity contribution in [3.8, 4) is 33.6 Å². The molecule has 1 aliphatic rings. The number of fused-ring (bicyclic) bond motifs is 15. The summed E-state index contributed by atoms with van der Waals surface area (Å²) in [7, 11) is 0. The van der Waals surface area contributed by atoms with Crippen molar-refractivity contribution in [1.29, 1.82) is 0 Å². The first-order chi connectivity index (χ1) is 28.3. The van der Waals surface area contributed by atoms with Crippen LogP contribution in [0.5, 0.6) is 0 Å². The fourth-order valence-corrected chi connectivity index (χ4v) is 10.1. The Morgan fingerprint density at radius 3 is 2.12 bits per heavy atom. The van der Waals surface area contributed by atoms with Gasteiger partial charge in [0, 0.05) is 38.4 Å². The van der Waals surface area contributed by atoms with Crippen molar-refractivity contribution in [2.45, 2.75) is 18.8 Å². The van der Waals surface area contributed by atoms with Crippen molar-refractivity contribution in [1.82, 2.24) is 14.4 Å². The maximum atomic E-state index is 6.64. The van der Waals surface area contributed by atoms with Gasteiger partial charge in [0.15, 0.2) is 5.82 Å². The van der Waals surface area contributed by atoms with Gasteiger partial charge in [-0.15, -0.1) is 0 Å². The highest BCUT2D eigenvalue weighted by molar-refractivity contribution is 6.30. The van der Waals surface area contributed by atoms with Crippen molar-refractivity contribution >= 4 is 70.9 Å². The lowest BCUT2D eigenvalue weighted by atomic mass is 9.83. The zero-order valence-corrected chi connectivity index (χ0v) is 30.9. The minimum absolute atomic E-state index is 0.0463. The van der Waals surface area contributed by atoms with E-state index < -0.39 is 0 Å². The molecule has 266 valence electrons. The van der Waals surface area contributed by atoms with Gasteiger partial charge >= 0.3 is 0 Å². The van der Waals surface area contributed by atoms with Crippen molar-refractivity contribution < 1.29 is 4.42 Å². The van der Waals surface area contributed by atoms with E-state index in [4.69, 9.17) is 14.4 Å². The van der Waals surface area contributed by atoms with Crippen LogP contribution in [-0.2, 0) is 6.42 Å². The average Bonchev–Trinajstić information content (AvgIpc) is 3.90. The molecule has 0 amide bonds. The Labute approximate surface area is 327 Å². The Morgan fingerprint density at radius 2 is 1.23 bits per heavy atom. The Hall–Kier alpha value is -7.30. The first kappa shape index (κ1) is 31.0. The minimum atomic E-state index is -0.0463. The Bertz CT molecular complexity index is 3580. The van der Waals surface area contributed by atoms with Crippen molar-refractivity contribution in [2.75, 3.05) is 0 Å². The third-order valence-electron chi connectivity index (χ3n) is 12.6. The highest BCUT2D eigenvalue weighted by Crippen LogP contribution is 2.52. The van der Waals surface area contributed by atoms with E-state index in [0.717, 1.165) is 46.0 Å². The molecule has 0 aliphatic heterocycles. The Kier molecular flexibility index (Phi) is 6.31. The van der Waals surface area contributed by atoms with Crippen LogP contribution in [0, 0.1) is 0 Å². The second kappa shape index (κ2) is 11.6. The molecule has 0 saturated carbocycles. The van der Waals surface area contributed by atoms with E-state index in [1.807, 2.05) is 12.1 Å². The highest BCUT2D eigenvalue weighted by Gasteiger charge is 2.34. The van der Waals surface area contributed by atoms with Gasteiger partial charge in [0.2, 0.25) is 5.71 Å². The smallest absolute Gasteiger partial charge is 0.231 e. The van der Waals surface area contributed by atoms with Crippen LogP contribution in [0.15, 0.2) is 174 Å². The number of aromatic nitrogens is 3. The molecule has 12 aromatic rings. The van der Waals surface area contributed by atoms with Crippen LogP contribution in [0.4, 0.5) is 0 Å². The molecule has 0 spiro atoms. The molecule has 57 heavy (non-hydrogen) atoms.